The number of aliphatic hydroxyl groups is 1. The van der Waals surface area contributed by atoms with Crippen molar-refractivity contribution >= 4 is 6.09 Å². The van der Waals surface area contributed by atoms with E-state index in [0.29, 0.717) is 19.5 Å². The summed E-state index contributed by atoms with van der Waals surface area (Å²) in [6.07, 6.45) is 1.80. The lowest BCUT2D eigenvalue weighted by Gasteiger charge is -2.21. The fraction of sp³-hybridized carbons (Fsp3) is 0.294. The molecule has 116 valence electrons. The Kier molecular flexibility index (Phi) is 6.39. The van der Waals surface area contributed by atoms with E-state index in [0.717, 1.165) is 11.3 Å². The van der Waals surface area contributed by atoms with Gasteiger partial charge in [0.2, 0.25) is 0 Å². The lowest BCUT2D eigenvalue weighted by atomic mass is 10.2. The summed E-state index contributed by atoms with van der Waals surface area (Å²) in [5.41, 5.74) is 1.73. The molecule has 22 heavy (non-hydrogen) atoms. The number of nitrogens with zero attached hydrogens (tertiary/aromatic N) is 2. The van der Waals surface area contributed by atoms with Crippen LogP contribution in [0.4, 0.5) is 4.79 Å². The van der Waals surface area contributed by atoms with Gasteiger partial charge in [0.05, 0.1) is 12.2 Å². The van der Waals surface area contributed by atoms with Crippen molar-refractivity contribution in [3.8, 4) is 0 Å². The minimum absolute atomic E-state index is 0.0324. The van der Waals surface area contributed by atoms with Crippen molar-refractivity contribution in [2.45, 2.75) is 19.6 Å². The highest BCUT2D eigenvalue weighted by molar-refractivity contribution is 5.67. The van der Waals surface area contributed by atoms with Crippen molar-refractivity contribution in [1.82, 2.24) is 9.88 Å². The molecule has 1 aromatic heterocycles. The normalized spacial score (nSPS) is 10.2. The Labute approximate surface area is 130 Å². The molecule has 5 heteroatoms. The van der Waals surface area contributed by atoms with Gasteiger partial charge in [0.25, 0.3) is 0 Å². The van der Waals surface area contributed by atoms with Gasteiger partial charge < -0.3 is 14.7 Å². The maximum atomic E-state index is 12.2. The van der Waals surface area contributed by atoms with Crippen LogP contribution in [0.1, 0.15) is 17.7 Å². The molecule has 0 aliphatic rings. The molecule has 0 aliphatic heterocycles. The number of hydrogen-bond acceptors (Lipinski definition) is 4. The quantitative estimate of drug-likeness (QED) is 0.853. The monoisotopic (exact) mass is 300 g/mol. The summed E-state index contributed by atoms with van der Waals surface area (Å²) >= 11 is 0. The zero-order valence-corrected chi connectivity index (χ0v) is 12.4. The van der Waals surface area contributed by atoms with Gasteiger partial charge in [-0.25, -0.2) is 4.79 Å². The molecular formula is C17H20N2O3. The van der Waals surface area contributed by atoms with Crippen LogP contribution in [-0.2, 0) is 17.9 Å². The predicted octanol–water partition coefficient (Wildman–Crippen LogP) is 2.60. The van der Waals surface area contributed by atoms with Crippen molar-refractivity contribution in [2.24, 2.45) is 0 Å². The highest BCUT2D eigenvalue weighted by Crippen LogP contribution is 2.07. The van der Waals surface area contributed by atoms with Crippen LogP contribution >= 0.6 is 0 Å². The molecule has 0 bridgehead atoms. The number of benzene rings is 1. The first-order chi connectivity index (χ1) is 10.8. The van der Waals surface area contributed by atoms with Crippen molar-refractivity contribution < 1.29 is 14.6 Å². The number of hydrogen-bond donors (Lipinski definition) is 1. The highest BCUT2D eigenvalue weighted by atomic mass is 16.6. The Bertz CT molecular complexity index is 561. The summed E-state index contributed by atoms with van der Waals surface area (Å²) in [5.74, 6) is 0. The molecule has 1 amide bonds. The topological polar surface area (TPSA) is 62.7 Å². The SMILES string of the molecule is O=C(OCc1ccccc1)N(CCCO)Cc1ccccn1. The Balaban J connectivity index is 1.93. The maximum absolute atomic E-state index is 12.2. The summed E-state index contributed by atoms with van der Waals surface area (Å²) in [6, 6.07) is 15.1. The van der Waals surface area contributed by atoms with Crippen LogP contribution < -0.4 is 0 Å². The molecule has 0 spiro atoms. The Hall–Kier alpha value is -2.40. The minimum atomic E-state index is -0.400. The lowest BCUT2D eigenvalue weighted by Crippen LogP contribution is -2.32. The number of aliphatic hydroxyl groups excluding tert-OH is 1. The van der Waals surface area contributed by atoms with Gasteiger partial charge in [-0.15, -0.1) is 0 Å². The molecular weight excluding hydrogens is 280 g/mol. The van der Waals surface area contributed by atoms with Gasteiger partial charge >= 0.3 is 6.09 Å². The second-order valence-corrected chi connectivity index (χ2v) is 4.86. The van der Waals surface area contributed by atoms with E-state index in [2.05, 4.69) is 4.98 Å². The molecule has 1 aromatic carbocycles. The number of aromatic nitrogens is 1. The van der Waals surface area contributed by atoms with Gasteiger partial charge in [-0.1, -0.05) is 36.4 Å². The largest absolute Gasteiger partial charge is 0.445 e. The molecule has 0 saturated carbocycles. The van der Waals surface area contributed by atoms with Gasteiger partial charge in [-0.3, -0.25) is 4.98 Å². The first-order valence-electron chi connectivity index (χ1n) is 7.26. The zero-order valence-electron chi connectivity index (χ0n) is 12.4. The second-order valence-electron chi connectivity index (χ2n) is 4.86. The van der Waals surface area contributed by atoms with Crippen LogP contribution in [0.15, 0.2) is 54.7 Å². The molecule has 0 unspecified atom stereocenters. The van der Waals surface area contributed by atoms with Gasteiger partial charge in [0.1, 0.15) is 6.61 Å². The summed E-state index contributed by atoms with van der Waals surface area (Å²) in [4.78, 5) is 18.0. The number of ether oxygens (including phenoxy) is 1. The number of carbonyl (C=O) groups excluding carboxylic acids is 1. The van der Waals surface area contributed by atoms with Crippen LogP contribution in [0.2, 0.25) is 0 Å². The fourth-order valence-corrected chi connectivity index (χ4v) is 1.99. The van der Waals surface area contributed by atoms with E-state index >= 15 is 0 Å². The van der Waals surface area contributed by atoms with E-state index in [1.807, 2.05) is 48.5 Å². The fourth-order valence-electron chi connectivity index (χ4n) is 1.99. The van der Waals surface area contributed by atoms with E-state index in [9.17, 15) is 4.79 Å². The van der Waals surface area contributed by atoms with E-state index in [1.165, 1.54) is 0 Å². The molecule has 0 atom stereocenters. The Morgan fingerprint density at radius 1 is 1.14 bits per heavy atom. The first kappa shape index (κ1) is 16.0. The number of carbonyl (C=O) groups is 1. The van der Waals surface area contributed by atoms with Crippen LogP contribution in [0.3, 0.4) is 0 Å². The predicted molar refractivity (Wildman–Crippen MR) is 83.0 cm³/mol. The maximum Gasteiger partial charge on any atom is 0.410 e. The Morgan fingerprint density at radius 2 is 1.91 bits per heavy atom. The minimum Gasteiger partial charge on any atom is -0.445 e. The van der Waals surface area contributed by atoms with E-state index in [4.69, 9.17) is 9.84 Å². The van der Waals surface area contributed by atoms with Gasteiger partial charge in [-0.2, -0.15) is 0 Å². The number of pyridine rings is 1. The molecule has 1 N–H and O–H groups in total. The molecule has 0 fully saturated rings. The highest BCUT2D eigenvalue weighted by Gasteiger charge is 2.15. The molecule has 5 nitrogen and oxygen atoms in total. The van der Waals surface area contributed by atoms with Crippen molar-refractivity contribution in [3.05, 3.63) is 66.0 Å². The third kappa shape index (κ3) is 5.18. The van der Waals surface area contributed by atoms with E-state index < -0.39 is 6.09 Å². The third-order valence-electron chi connectivity index (χ3n) is 3.13. The summed E-state index contributed by atoms with van der Waals surface area (Å²) in [5, 5.41) is 8.98. The summed E-state index contributed by atoms with van der Waals surface area (Å²) in [6.45, 7) is 1.07. The van der Waals surface area contributed by atoms with Crippen molar-refractivity contribution in [2.75, 3.05) is 13.2 Å². The molecule has 0 aliphatic carbocycles. The average Bonchev–Trinajstić information content (AvgIpc) is 2.58. The summed E-state index contributed by atoms with van der Waals surface area (Å²) < 4.78 is 5.34. The van der Waals surface area contributed by atoms with Gasteiger partial charge in [-0.05, 0) is 24.1 Å². The zero-order chi connectivity index (χ0) is 15.6. The molecule has 2 aromatic rings. The average molecular weight is 300 g/mol. The lowest BCUT2D eigenvalue weighted by molar-refractivity contribution is 0.0905. The van der Waals surface area contributed by atoms with E-state index in [1.54, 1.807) is 11.1 Å². The molecule has 0 saturated heterocycles. The number of rotatable bonds is 7. The van der Waals surface area contributed by atoms with Crippen LogP contribution in [0, 0.1) is 0 Å². The standard InChI is InChI=1S/C17H20N2O3/c20-12-6-11-19(13-16-9-4-5-10-18-16)17(21)22-14-15-7-2-1-3-8-15/h1-5,7-10,20H,6,11-14H2. The van der Waals surface area contributed by atoms with Crippen LogP contribution in [-0.4, -0.2) is 34.2 Å². The van der Waals surface area contributed by atoms with Gasteiger partial charge in [0.15, 0.2) is 0 Å². The second kappa shape index (κ2) is 8.79. The summed E-state index contributed by atoms with van der Waals surface area (Å²) in [7, 11) is 0. The van der Waals surface area contributed by atoms with Crippen LogP contribution in [0.5, 0.6) is 0 Å². The number of amides is 1. The molecule has 2 rings (SSSR count). The van der Waals surface area contributed by atoms with Gasteiger partial charge in [0, 0.05) is 19.3 Å². The van der Waals surface area contributed by atoms with Crippen molar-refractivity contribution in [3.63, 3.8) is 0 Å². The first-order valence-corrected chi connectivity index (χ1v) is 7.26. The van der Waals surface area contributed by atoms with Crippen molar-refractivity contribution in [1.29, 1.82) is 0 Å². The molecule has 0 radical (unpaired) electrons. The smallest absolute Gasteiger partial charge is 0.410 e. The Morgan fingerprint density at radius 3 is 2.59 bits per heavy atom. The molecule has 1 heterocycles. The third-order valence-corrected chi connectivity index (χ3v) is 3.13. The van der Waals surface area contributed by atoms with E-state index in [-0.39, 0.29) is 13.2 Å². The van der Waals surface area contributed by atoms with Crippen LogP contribution in [0.25, 0.3) is 0 Å².